The van der Waals surface area contributed by atoms with E-state index in [1.807, 2.05) is 0 Å². The molecule has 120 valence electrons. The van der Waals surface area contributed by atoms with Gasteiger partial charge in [0.15, 0.2) is 5.79 Å². The zero-order valence-corrected chi connectivity index (χ0v) is 12.9. The first-order valence-electron chi connectivity index (χ1n) is 8.14. The number of hydrogen-bond acceptors (Lipinski definition) is 3. The van der Waals surface area contributed by atoms with Crippen molar-refractivity contribution in [2.24, 2.45) is 0 Å². The van der Waals surface area contributed by atoms with Gasteiger partial charge in [-0.3, -0.25) is 4.79 Å². The summed E-state index contributed by atoms with van der Waals surface area (Å²) in [5.74, 6) is -2.19. The molecule has 0 atom stereocenters. The van der Waals surface area contributed by atoms with Gasteiger partial charge in [0, 0.05) is 19.3 Å². The van der Waals surface area contributed by atoms with Gasteiger partial charge in [-0.2, -0.15) is 0 Å². The highest BCUT2D eigenvalue weighted by atomic mass is 16.5. The molecule has 0 rings (SSSR count). The summed E-state index contributed by atoms with van der Waals surface area (Å²) in [5, 5.41) is 28.0. The molecule has 0 aliphatic carbocycles. The fourth-order valence-electron chi connectivity index (χ4n) is 2.35. The zero-order chi connectivity index (χ0) is 15.3. The molecule has 0 saturated heterocycles. The Hall–Kier alpha value is -0.610. The Morgan fingerprint density at radius 1 is 0.800 bits per heavy atom. The van der Waals surface area contributed by atoms with Crippen molar-refractivity contribution in [1.82, 2.24) is 0 Å². The molecule has 0 aliphatic heterocycles. The third-order valence-electron chi connectivity index (χ3n) is 3.65. The van der Waals surface area contributed by atoms with Crippen LogP contribution in [0.5, 0.6) is 0 Å². The molecule has 0 spiro atoms. The molecular weight excluding hydrogens is 256 g/mol. The number of carboxylic acids is 1. The second-order valence-corrected chi connectivity index (χ2v) is 5.81. The van der Waals surface area contributed by atoms with Crippen molar-refractivity contribution in [3.05, 3.63) is 0 Å². The Labute approximate surface area is 123 Å². The van der Waals surface area contributed by atoms with Crippen LogP contribution in [0.15, 0.2) is 0 Å². The molecular formula is C16H32O4. The standard InChI is InChI=1S/C16H32O4/c1-2-3-10-13-16(19,20)14-11-8-6-4-5-7-9-12-15(17)18/h19-20H,2-14H2,1H3,(H,17,18). The van der Waals surface area contributed by atoms with Crippen LogP contribution in [0.3, 0.4) is 0 Å². The molecule has 0 amide bonds. The number of hydrogen-bond donors (Lipinski definition) is 3. The summed E-state index contributed by atoms with van der Waals surface area (Å²) in [5.41, 5.74) is 0. The molecule has 0 aromatic heterocycles. The summed E-state index contributed by atoms with van der Waals surface area (Å²) >= 11 is 0. The molecule has 0 aromatic carbocycles. The van der Waals surface area contributed by atoms with E-state index in [1.54, 1.807) is 0 Å². The third kappa shape index (κ3) is 13.8. The Balaban J connectivity index is 3.31. The molecule has 4 nitrogen and oxygen atoms in total. The molecule has 0 saturated carbocycles. The fraction of sp³-hybridized carbons (Fsp3) is 0.938. The molecule has 0 aliphatic rings. The highest BCUT2D eigenvalue weighted by Crippen LogP contribution is 2.20. The Kier molecular flexibility index (Phi) is 11.8. The highest BCUT2D eigenvalue weighted by Gasteiger charge is 2.20. The SMILES string of the molecule is CCCCCC(O)(O)CCCCCCCCCC(=O)O. The number of aliphatic carboxylic acids is 1. The summed E-state index contributed by atoms with van der Waals surface area (Å²) in [6, 6.07) is 0. The summed E-state index contributed by atoms with van der Waals surface area (Å²) in [7, 11) is 0. The Bertz CT molecular complexity index is 239. The molecule has 0 fully saturated rings. The molecule has 20 heavy (non-hydrogen) atoms. The maximum Gasteiger partial charge on any atom is 0.303 e. The molecule has 4 heteroatoms. The highest BCUT2D eigenvalue weighted by molar-refractivity contribution is 5.66. The van der Waals surface area contributed by atoms with Crippen LogP contribution >= 0.6 is 0 Å². The van der Waals surface area contributed by atoms with E-state index < -0.39 is 11.8 Å². The van der Waals surface area contributed by atoms with Gasteiger partial charge in [0.2, 0.25) is 0 Å². The van der Waals surface area contributed by atoms with E-state index in [0.717, 1.165) is 64.2 Å². The van der Waals surface area contributed by atoms with Crippen molar-refractivity contribution in [3.63, 3.8) is 0 Å². The van der Waals surface area contributed by atoms with Crippen LogP contribution in [0.2, 0.25) is 0 Å². The number of aliphatic hydroxyl groups is 2. The Morgan fingerprint density at radius 3 is 1.75 bits per heavy atom. The van der Waals surface area contributed by atoms with Crippen LogP contribution in [-0.4, -0.2) is 27.1 Å². The summed E-state index contributed by atoms with van der Waals surface area (Å²) in [6.07, 6.45) is 11.2. The minimum Gasteiger partial charge on any atom is -0.481 e. The average Bonchev–Trinajstić information content (AvgIpc) is 2.36. The maximum absolute atomic E-state index is 10.3. The lowest BCUT2D eigenvalue weighted by Crippen LogP contribution is -2.27. The van der Waals surface area contributed by atoms with Gasteiger partial charge in [0.05, 0.1) is 0 Å². The van der Waals surface area contributed by atoms with Gasteiger partial charge in [-0.15, -0.1) is 0 Å². The third-order valence-corrected chi connectivity index (χ3v) is 3.65. The lowest BCUT2D eigenvalue weighted by Gasteiger charge is -2.21. The second-order valence-electron chi connectivity index (χ2n) is 5.81. The number of carbonyl (C=O) groups is 1. The van der Waals surface area contributed by atoms with Crippen LogP contribution in [0.25, 0.3) is 0 Å². The van der Waals surface area contributed by atoms with Crippen molar-refractivity contribution < 1.29 is 20.1 Å². The van der Waals surface area contributed by atoms with E-state index >= 15 is 0 Å². The lowest BCUT2D eigenvalue weighted by atomic mass is 10.00. The van der Waals surface area contributed by atoms with Crippen molar-refractivity contribution in [2.45, 2.75) is 96.2 Å². The van der Waals surface area contributed by atoms with E-state index in [1.165, 1.54) is 0 Å². The first-order chi connectivity index (χ1) is 9.48. The monoisotopic (exact) mass is 288 g/mol. The topological polar surface area (TPSA) is 77.8 Å². The number of unbranched alkanes of at least 4 members (excludes halogenated alkanes) is 8. The molecule has 0 bridgehead atoms. The smallest absolute Gasteiger partial charge is 0.303 e. The van der Waals surface area contributed by atoms with Gasteiger partial charge < -0.3 is 15.3 Å². The van der Waals surface area contributed by atoms with Gasteiger partial charge in [0.25, 0.3) is 0 Å². The number of rotatable bonds is 14. The van der Waals surface area contributed by atoms with Gasteiger partial charge in [-0.25, -0.2) is 0 Å². The normalized spacial score (nSPS) is 11.8. The largest absolute Gasteiger partial charge is 0.481 e. The van der Waals surface area contributed by atoms with Crippen LogP contribution in [-0.2, 0) is 4.79 Å². The average molecular weight is 288 g/mol. The first kappa shape index (κ1) is 19.4. The summed E-state index contributed by atoms with van der Waals surface area (Å²) < 4.78 is 0. The first-order valence-corrected chi connectivity index (χ1v) is 8.14. The van der Waals surface area contributed by atoms with Gasteiger partial charge >= 0.3 is 5.97 Å². The summed E-state index contributed by atoms with van der Waals surface area (Å²) in [6.45, 7) is 2.10. The molecule has 0 heterocycles. The molecule has 0 unspecified atom stereocenters. The van der Waals surface area contributed by atoms with Crippen LogP contribution in [0.1, 0.15) is 90.4 Å². The molecule has 3 N–H and O–H groups in total. The van der Waals surface area contributed by atoms with Gasteiger partial charge in [-0.1, -0.05) is 51.9 Å². The van der Waals surface area contributed by atoms with Crippen LogP contribution < -0.4 is 0 Å². The van der Waals surface area contributed by atoms with Crippen LogP contribution in [0.4, 0.5) is 0 Å². The fourth-order valence-corrected chi connectivity index (χ4v) is 2.35. The summed E-state index contributed by atoms with van der Waals surface area (Å²) in [4.78, 5) is 10.3. The minimum atomic E-state index is -1.48. The van der Waals surface area contributed by atoms with Gasteiger partial charge in [0.1, 0.15) is 0 Å². The van der Waals surface area contributed by atoms with Crippen molar-refractivity contribution in [3.8, 4) is 0 Å². The quantitative estimate of drug-likeness (QED) is 0.335. The van der Waals surface area contributed by atoms with Crippen molar-refractivity contribution in [1.29, 1.82) is 0 Å². The van der Waals surface area contributed by atoms with E-state index in [-0.39, 0.29) is 6.42 Å². The van der Waals surface area contributed by atoms with E-state index in [2.05, 4.69) is 6.92 Å². The second kappa shape index (κ2) is 12.2. The Morgan fingerprint density at radius 2 is 1.25 bits per heavy atom. The van der Waals surface area contributed by atoms with Gasteiger partial charge in [-0.05, 0) is 19.3 Å². The van der Waals surface area contributed by atoms with E-state index in [9.17, 15) is 15.0 Å². The van der Waals surface area contributed by atoms with Crippen molar-refractivity contribution in [2.75, 3.05) is 0 Å². The minimum absolute atomic E-state index is 0.273. The predicted molar refractivity (Wildman–Crippen MR) is 80.5 cm³/mol. The maximum atomic E-state index is 10.3. The van der Waals surface area contributed by atoms with Crippen molar-refractivity contribution >= 4 is 5.97 Å². The molecule has 0 aromatic rings. The van der Waals surface area contributed by atoms with E-state index in [0.29, 0.717) is 12.8 Å². The lowest BCUT2D eigenvalue weighted by molar-refractivity contribution is -0.172. The zero-order valence-electron chi connectivity index (χ0n) is 12.9. The number of carboxylic acid groups (broad SMARTS) is 1. The predicted octanol–water partition coefficient (Wildman–Crippen LogP) is 3.84. The van der Waals surface area contributed by atoms with E-state index in [4.69, 9.17) is 5.11 Å². The van der Waals surface area contributed by atoms with Crippen LogP contribution in [0, 0.1) is 0 Å². The molecule has 0 radical (unpaired) electrons.